The molecule has 1 aromatic rings. The second kappa shape index (κ2) is 5.43. The van der Waals surface area contributed by atoms with Crippen molar-refractivity contribution in [1.82, 2.24) is 5.32 Å². The van der Waals surface area contributed by atoms with Crippen LogP contribution in [0.15, 0.2) is 12.1 Å². The minimum atomic E-state index is -0.511. The van der Waals surface area contributed by atoms with Crippen molar-refractivity contribution in [3.63, 3.8) is 0 Å². The molecule has 0 spiro atoms. The van der Waals surface area contributed by atoms with E-state index in [4.69, 9.17) is 5.73 Å². The molecule has 3 N–H and O–H groups in total. The van der Waals surface area contributed by atoms with Crippen molar-refractivity contribution < 1.29 is 9.18 Å². The fraction of sp³-hybridized carbons (Fsp3) is 0.562. The van der Waals surface area contributed by atoms with Crippen LogP contribution in [0.3, 0.4) is 0 Å². The van der Waals surface area contributed by atoms with Crippen LogP contribution in [0.25, 0.3) is 0 Å². The third-order valence-electron chi connectivity index (χ3n) is 2.95. The van der Waals surface area contributed by atoms with Gasteiger partial charge in [-0.1, -0.05) is 20.8 Å². The first-order valence-electron chi connectivity index (χ1n) is 6.79. The van der Waals surface area contributed by atoms with Crippen molar-refractivity contribution in [2.45, 2.75) is 53.5 Å². The molecule has 0 aliphatic rings. The van der Waals surface area contributed by atoms with Crippen LogP contribution in [-0.2, 0) is 0 Å². The standard InChI is InChI=1S/C16H25FN2O/c1-10-7-11(18)8-12(13(10)17)14(20)19-16(5,6)9-15(2,3)4/h7-8H,9,18H2,1-6H3,(H,19,20). The number of benzene rings is 1. The minimum Gasteiger partial charge on any atom is -0.399 e. The van der Waals surface area contributed by atoms with E-state index in [9.17, 15) is 9.18 Å². The molecule has 1 rings (SSSR count). The van der Waals surface area contributed by atoms with Gasteiger partial charge in [0, 0.05) is 11.2 Å². The predicted octanol–water partition coefficient (Wildman–Crippen LogP) is 3.66. The number of anilines is 1. The summed E-state index contributed by atoms with van der Waals surface area (Å²) in [4.78, 5) is 12.3. The SMILES string of the molecule is Cc1cc(N)cc(C(=O)NC(C)(C)CC(C)(C)C)c1F. The van der Waals surface area contributed by atoms with Gasteiger partial charge in [0.15, 0.2) is 0 Å². The molecule has 0 atom stereocenters. The van der Waals surface area contributed by atoms with Crippen LogP contribution in [-0.4, -0.2) is 11.4 Å². The average Bonchev–Trinajstić information content (AvgIpc) is 2.18. The van der Waals surface area contributed by atoms with Crippen LogP contribution in [0.4, 0.5) is 10.1 Å². The Hall–Kier alpha value is -1.58. The third kappa shape index (κ3) is 4.51. The van der Waals surface area contributed by atoms with Crippen molar-refractivity contribution in [2.24, 2.45) is 5.41 Å². The van der Waals surface area contributed by atoms with Crippen molar-refractivity contribution in [3.8, 4) is 0 Å². The Bertz CT molecular complexity index is 516. The zero-order valence-corrected chi connectivity index (χ0v) is 13.2. The summed E-state index contributed by atoms with van der Waals surface area (Å²) in [6.07, 6.45) is 0.786. The third-order valence-corrected chi connectivity index (χ3v) is 2.95. The number of rotatable bonds is 3. The van der Waals surface area contributed by atoms with Gasteiger partial charge in [-0.25, -0.2) is 4.39 Å². The summed E-state index contributed by atoms with van der Waals surface area (Å²) < 4.78 is 14.0. The number of halogens is 1. The Labute approximate surface area is 120 Å². The summed E-state index contributed by atoms with van der Waals surface area (Å²) in [5, 5.41) is 2.89. The molecule has 3 nitrogen and oxygen atoms in total. The van der Waals surface area contributed by atoms with E-state index in [1.807, 2.05) is 13.8 Å². The predicted molar refractivity (Wildman–Crippen MR) is 81.2 cm³/mol. The van der Waals surface area contributed by atoms with Crippen LogP contribution < -0.4 is 11.1 Å². The maximum Gasteiger partial charge on any atom is 0.254 e. The van der Waals surface area contributed by atoms with E-state index in [2.05, 4.69) is 26.1 Å². The smallest absolute Gasteiger partial charge is 0.254 e. The van der Waals surface area contributed by atoms with Gasteiger partial charge >= 0.3 is 0 Å². The van der Waals surface area contributed by atoms with Gasteiger partial charge in [0.25, 0.3) is 5.91 Å². The molecular weight excluding hydrogens is 255 g/mol. The van der Waals surface area contributed by atoms with Crippen LogP contribution >= 0.6 is 0 Å². The molecule has 0 aromatic heterocycles. The van der Waals surface area contributed by atoms with Gasteiger partial charge in [0.2, 0.25) is 0 Å². The molecule has 1 aromatic carbocycles. The zero-order chi connectivity index (χ0) is 15.7. The monoisotopic (exact) mass is 280 g/mol. The molecule has 20 heavy (non-hydrogen) atoms. The first-order valence-corrected chi connectivity index (χ1v) is 6.79. The number of hydrogen-bond acceptors (Lipinski definition) is 2. The molecule has 0 aliphatic heterocycles. The number of amides is 1. The summed E-state index contributed by atoms with van der Waals surface area (Å²) in [6, 6.07) is 2.90. The normalized spacial score (nSPS) is 12.3. The number of hydrogen-bond donors (Lipinski definition) is 2. The number of carbonyl (C=O) groups is 1. The van der Waals surface area contributed by atoms with Gasteiger partial charge < -0.3 is 11.1 Å². The quantitative estimate of drug-likeness (QED) is 0.830. The largest absolute Gasteiger partial charge is 0.399 e. The molecule has 112 valence electrons. The van der Waals surface area contributed by atoms with Gasteiger partial charge in [-0.3, -0.25) is 4.79 Å². The summed E-state index contributed by atoms with van der Waals surface area (Å²) >= 11 is 0. The molecule has 0 radical (unpaired) electrons. The highest BCUT2D eigenvalue weighted by Crippen LogP contribution is 2.27. The number of nitrogens with two attached hydrogens (primary N) is 1. The van der Waals surface area contributed by atoms with Gasteiger partial charge in [0.1, 0.15) is 5.82 Å². The summed E-state index contributed by atoms with van der Waals surface area (Å²) in [6.45, 7) is 11.8. The summed E-state index contributed by atoms with van der Waals surface area (Å²) in [7, 11) is 0. The Morgan fingerprint density at radius 3 is 2.30 bits per heavy atom. The lowest BCUT2D eigenvalue weighted by molar-refractivity contribution is 0.0887. The highest BCUT2D eigenvalue weighted by atomic mass is 19.1. The van der Waals surface area contributed by atoms with E-state index in [0.717, 1.165) is 6.42 Å². The highest BCUT2D eigenvalue weighted by molar-refractivity contribution is 5.96. The molecule has 0 heterocycles. The molecule has 0 aliphatic carbocycles. The van der Waals surface area contributed by atoms with Gasteiger partial charge in [-0.15, -0.1) is 0 Å². The fourth-order valence-electron chi connectivity index (χ4n) is 2.71. The van der Waals surface area contributed by atoms with Gasteiger partial charge in [-0.05, 0) is 50.3 Å². The number of aryl methyl sites for hydroxylation is 1. The van der Waals surface area contributed by atoms with Crippen molar-refractivity contribution >= 4 is 11.6 Å². The van der Waals surface area contributed by atoms with Crippen molar-refractivity contribution in [2.75, 3.05) is 5.73 Å². The first kappa shape index (κ1) is 16.5. The Morgan fingerprint density at radius 1 is 1.25 bits per heavy atom. The lowest BCUT2D eigenvalue weighted by atomic mass is 9.81. The number of nitrogens with one attached hydrogen (secondary N) is 1. The lowest BCUT2D eigenvalue weighted by Crippen LogP contribution is -2.46. The molecule has 0 unspecified atom stereocenters. The molecule has 0 fully saturated rings. The van der Waals surface area contributed by atoms with Crippen molar-refractivity contribution in [3.05, 3.63) is 29.1 Å². The average molecular weight is 280 g/mol. The number of nitrogen functional groups attached to an aromatic ring is 1. The maximum atomic E-state index is 14.0. The first-order chi connectivity index (χ1) is 8.91. The summed E-state index contributed by atoms with van der Waals surface area (Å²) in [5.74, 6) is -0.935. The van der Waals surface area contributed by atoms with E-state index in [-0.39, 0.29) is 11.0 Å². The minimum absolute atomic E-state index is 0.00415. The maximum absolute atomic E-state index is 14.0. The van der Waals surface area contributed by atoms with Crippen LogP contribution in [0.2, 0.25) is 0 Å². The molecular formula is C16H25FN2O. The topological polar surface area (TPSA) is 55.1 Å². The summed E-state index contributed by atoms with van der Waals surface area (Å²) in [5.41, 5.74) is 6.11. The molecule has 0 saturated carbocycles. The Kier molecular flexibility index (Phi) is 4.47. The highest BCUT2D eigenvalue weighted by Gasteiger charge is 2.28. The van der Waals surface area contributed by atoms with E-state index in [0.29, 0.717) is 11.3 Å². The Morgan fingerprint density at radius 2 is 1.80 bits per heavy atom. The van der Waals surface area contributed by atoms with Crippen molar-refractivity contribution in [1.29, 1.82) is 0 Å². The van der Waals surface area contributed by atoms with E-state index < -0.39 is 17.3 Å². The molecule has 0 bridgehead atoms. The van der Waals surface area contributed by atoms with Crippen LogP contribution in [0, 0.1) is 18.2 Å². The molecule has 4 heteroatoms. The zero-order valence-electron chi connectivity index (χ0n) is 13.2. The van der Waals surface area contributed by atoms with Gasteiger partial charge in [-0.2, -0.15) is 0 Å². The fourth-order valence-corrected chi connectivity index (χ4v) is 2.71. The van der Waals surface area contributed by atoms with E-state index >= 15 is 0 Å². The second-order valence-corrected chi connectivity index (χ2v) is 7.27. The molecule has 0 saturated heterocycles. The van der Waals surface area contributed by atoms with Gasteiger partial charge in [0.05, 0.1) is 5.56 Å². The lowest BCUT2D eigenvalue weighted by Gasteiger charge is -2.33. The van der Waals surface area contributed by atoms with Crippen LogP contribution in [0.5, 0.6) is 0 Å². The van der Waals surface area contributed by atoms with E-state index in [1.54, 1.807) is 6.92 Å². The Balaban J connectivity index is 2.97. The van der Waals surface area contributed by atoms with E-state index in [1.165, 1.54) is 12.1 Å². The van der Waals surface area contributed by atoms with Crippen LogP contribution in [0.1, 0.15) is 57.0 Å². The number of carbonyl (C=O) groups excluding carboxylic acids is 1. The molecule has 1 amide bonds. The second-order valence-electron chi connectivity index (χ2n) is 7.27.